The molecule has 1 saturated carbocycles. The van der Waals surface area contributed by atoms with Crippen LogP contribution in [0.25, 0.3) is 15.7 Å². The number of hydrogen-bond acceptors (Lipinski definition) is 4. The minimum Gasteiger partial charge on any atom is -0.371 e. The van der Waals surface area contributed by atoms with E-state index in [9.17, 15) is 9.59 Å². The van der Waals surface area contributed by atoms with Crippen LogP contribution in [0.15, 0.2) is 21.7 Å². The first-order valence-electron chi connectivity index (χ1n) is 10.0. The summed E-state index contributed by atoms with van der Waals surface area (Å²) in [6, 6.07) is 4.09. The maximum Gasteiger partial charge on any atom is 0.329 e. The molecule has 7 heteroatoms. The van der Waals surface area contributed by atoms with Crippen LogP contribution in [0.5, 0.6) is 0 Å². The Kier molecular flexibility index (Phi) is 4.76. The van der Waals surface area contributed by atoms with E-state index >= 15 is 0 Å². The number of fused-ring (bicyclic) bond motifs is 1. The number of anilines is 1. The fourth-order valence-corrected chi connectivity index (χ4v) is 4.43. The van der Waals surface area contributed by atoms with Gasteiger partial charge in [0.1, 0.15) is 0 Å². The number of aromatic nitrogens is 2. The monoisotopic (exact) mass is 381 g/mol. The molecule has 0 spiro atoms. The minimum atomic E-state index is -0.304. The van der Waals surface area contributed by atoms with Crippen LogP contribution in [0.3, 0.4) is 0 Å². The topological polar surface area (TPSA) is 74.5 Å². The average Bonchev–Trinajstić information content (AvgIpc) is 3.42. The van der Waals surface area contributed by atoms with Gasteiger partial charge in [-0.1, -0.05) is 6.92 Å². The number of hydrogen-bond donors (Lipinski definition) is 2. The highest BCUT2D eigenvalue weighted by atomic mass is 16.2. The van der Waals surface area contributed by atoms with Crippen molar-refractivity contribution in [3.8, 4) is 0 Å². The first-order chi connectivity index (χ1) is 13.4. The van der Waals surface area contributed by atoms with Crippen LogP contribution in [0, 0.1) is 18.9 Å². The molecule has 148 valence electrons. The Bertz CT molecular complexity index is 1060. The van der Waals surface area contributed by atoms with Gasteiger partial charge in [-0.2, -0.15) is 0 Å². The second-order valence-electron chi connectivity index (χ2n) is 8.51. The molecule has 4 rings (SSSR count). The Morgan fingerprint density at radius 2 is 2.14 bits per heavy atom. The highest BCUT2D eigenvalue weighted by Gasteiger charge is 2.35. The minimum absolute atomic E-state index is 0.147. The van der Waals surface area contributed by atoms with Crippen molar-refractivity contribution in [3.63, 3.8) is 0 Å². The SMILES string of the molecule is [C-]#[N+]CCNCC1(C)CCN(c2ccc3c(=O)[nH]c(=O)n(C4CC4)c3c2C)C1. The van der Waals surface area contributed by atoms with Crippen LogP contribution in [0.2, 0.25) is 0 Å². The van der Waals surface area contributed by atoms with Crippen LogP contribution in [-0.2, 0) is 0 Å². The van der Waals surface area contributed by atoms with E-state index in [0.29, 0.717) is 11.9 Å². The van der Waals surface area contributed by atoms with Gasteiger partial charge in [0.2, 0.25) is 6.54 Å². The second kappa shape index (κ2) is 7.10. The van der Waals surface area contributed by atoms with Gasteiger partial charge in [-0.05, 0) is 49.3 Å². The summed E-state index contributed by atoms with van der Waals surface area (Å²) in [5.41, 5.74) is 2.46. The Labute approximate surface area is 164 Å². The highest BCUT2D eigenvalue weighted by molar-refractivity contribution is 5.87. The number of aromatic amines is 1. The summed E-state index contributed by atoms with van der Waals surface area (Å²) in [4.78, 5) is 33.0. The number of benzene rings is 1. The number of H-pyrrole nitrogens is 1. The van der Waals surface area contributed by atoms with E-state index in [1.54, 1.807) is 4.57 Å². The molecule has 1 aliphatic carbocycles. The largest absolute Gasteiger partial charge is 0.371 e. The summed E-state index contributed by atoms with van der Waals surface area (Å²) in [6.45, 7) is 15.2. The smallest absolute Gasteiger partial charge is 0.329 e. The lowest BCUT2D eigenvalue weighted by Gasteiger charge is -2.27. The van der Waals surface area contributed by atoms with Gasteiger partial charge < -0.3 is 15.1 Å². The molecule has 2 aliphatic rings. The van der Waals surface area contributed by atoms with Gasteiger partial charge in [0.25, 0.3) is 5.56 Å². The fraction of sp³-hybridized carbons (Fsp3) is 0.571. The molecule has 1 saturated heterocycles. The average molecular weight is 381 g/mol. The summed E-state index contributed by atoms with van der Waals surface area (Å²) in [7, 11) is 0. The fourth-order valence-electron chi connectivity index (χ4n) is 4.43. The first-order valence-corrected chi connectivity index (χ1v) is 10.0. The number of nitrogens with zero attached hydrogens (tertiary/aromatic N) is 3. The van der Waals surface area contributed by atoms with Crippen LogP contribution >= 0.6 is 0 Å². The second-order valence-corrected chi connectivity index (χ2v) is 8.51. The molecule has 2 heterocycles. The van der Waals surface area contributed by atoms with E-state index in [0.717, 1.165) is 62.2 Å². The van der Waals surface area contributed by atoms with Gasteiger partial charge in [-0.3, -0.25) is 14.3 Å². The molecule has 0 bridgehead atoms. The van der Waals surface area contributed by atoms with E-state index in [4.69, 9.17) is 6.57 Å². The molecule has 1 unspecified atom stereocenters. The zero-order valence-corrected chi connectivity index (χ0v) is 16.5. The van der Waals surface area contributed by atoms with Crippen molar-refractivity contribution >= 4 is 16.6 Å². The predicted octanol–water partition coefficient (Wildman–Crippen LogP) is 2.06. The third kappa shape index (κ3) is 3.33. The lowest BCUT2D eigenvalue weighted by molar-refractivity contribution is 0.347. The molecule has 1 aliphatic heterocycles. The van der Waals surface area contributed by atoms with E-state index in [2.05, 4.69) is 27.0 Å². The highest BCUT2D eigenvalue weighted by Crippen LogP contribution is 2.39. The molecule has 1 atom stereocenters. The number of rotatable bonds is 6. The van der Waals surface area contributed by atoms with Crippen molar-refractivity contribution in [2.24, 2.45) is 5.41 Å². The van der Waals surface area contributed by atoms with Crippen molar-refractivity contribution in [3.05, 3.63) is 50.0 Å². The van der Waals surface area contributed by atoms with Gasteiger partial charge in [0.05, 0.1) is 17.4 Å². The van der Waals surface area contributed by atoms with Crippen LogP contribution in [0.4, 0.5) is 5.69 Å². The summed E-state index contributed by atoms with van der Waals surface area (Å²) in [5, 5.41) is 3.99. The molecule has 7 nitrogen and oxygen atoms in total. The van der Waals surface area contributed by atoms with Crippen molar-refractivity contribution in [1.29, 1.82) is 0 Å². The third-order valence-electron chi connectivity index (χ3n) is 6.09. The Hall–Kier alpha value is -2.59. The summed E-state index contributed by atoms with van der Waals surface area (Å²) >= 11 is 0. The molecule has 28 heavy (non-hydrogen) atoms. The molecule has 2 aromatic rings. The summed E-state index contributed by atoms with van der Waals surface area (Å²) in [6.07, 6.45) is 3.05. The lowest BCUT2D eigenvalue weighted by atomic mass is 9.90. The summed E-state index contributed by atoms with van der Waals surface area (Å²) < 4.78 is 1.79. The van der Waals surface area contributed by atoms with Gasteiger partial charge in [0.15, 0.2) is 0 Å². The molecule has 0 radical (unpaired) electrons. The quantitative estimate of drug-likeness (QED) is 0.593. The Morgan fingerprint density at radius 1 is 1.36 bits per heavy atom. The standard InChI is InChI=1S/C21H27N5O2/c1-14-17(25-11-8-21(2,13-25)12-23-10-9-22-3)7-6-16-18(14)26(15-4-5-15)20(28)24-19(16)27/h6-7,15,23H,4-5,8-13H2,1-2H3,(H,24,27,28). The van der Waals surface area contributed by atoms with Gasteiger partial charge in [0, 0.05) is 31.4 Å². The van der Waals surface area contributed by atoms with Crippen molar-refractivity contribution in [2.45, 2.75) is 39.2 Å². The van der Waals surface area contributed by atoms with E-state index in [1.165, 1.54) is 0 Å². The normalized spacial score (nSPS) is 22.0. The zero-order chi connectivity index (χ0) is 19.9. The first kappa shape index (κ1) is 18.8. The zero-order valence-electron chi connectivity index (χ0n) is 16.5. The predicted molar refractivity (Wildman–Crippen MR) is 111 cm³/mol. The number of nitrogens with one attached hydrogen (secondary N) is 2. The van der Waals surface area contributed by atoms with Crippen LogP contribution in [-0.4, -0.2) is 42.3 Å². The van der Waals surface area contributed by atoms with E-state index in [-0.39, 0.29) is 22.7 Å². The van der Waals surface area contributed by atoms with Crippen molar-refractivity contribution < 1.29 is 0 Å². The molecule has 0 amide bonds. The summed E-state index contributed by atoms with van der Waals surface area (Å²) in [5.74, 6) is 0. The maximum atomic E-state index is 12.5. The maximum absolute atomic E-state index is 12.5. The van der Waals surface area contributed by atoms with Gasteiger partial charge in [-0.25, -0.2) is 11.4 Å². The van der Waals surface area contributed by atoms with Gasteiger partial charge in [-0.15, -0.1) is 0 Å². The molecule has 1 aromatic heterocycles. The van der Waals surface area contributed by atoms with Crippen LogP contribution < -0.4 is 21.5 Å². The van der Waals surface area contributed by atoms with Crippen LogP contribution in [0.1, 0.15) is 37.8 Å². The van der Waals surface area contributed by atoms with E-state index in [1.807, 2.05) is 19.1 Å². The van der Waals surface area contributed by atoms with E-state index < -0.39 is 0 Å². The van der Waals surface area contributed by atoms with Gasteiger partial charge >= 0.3 is 5.69 Å². The molecule has 2 fully saturated rings. The molecular weight excluding hydrogens is 354 g/mol. The van der Waals surface area contributed by atoms with Crippen molar-refractivity contribution in [2.75, 3.05) is 37.6 Å². The molecular formula is C21H27N5O2. The third-order valence-corrected chi connectivity index (χ3v) is 6.09. The lowest BCUT2D eigenvalue weighted by Crippen LogP contribution is -2.36. The number of aryl methyl sites for hydroxylation is 1. The Balaban J connectivity index is 1.66. The molecule has 1 aromatic carbocycles. The molecule has 2 N–H and O–H groups in total. The Morgan fingerprint density at radius 3 is 2.86 bits per heavy atom. The van der Waals surface area contributed by atoms with Crippen molar-refractivity contribution in [1.82, 2.24) is 14.9 Å².